The highest BCUT2D eigenvalue weighted by Gasteiger charge is 2.44. The smallest absolute Gasteiger partial charge is 0.248 e. The number of nitrogens with zero attached hydrogens (tertiary/aromatic N) is 6. The fourth-order valence-corrected chi connectivity index (χ4v) is 6.49. The topological polar surface area (TPSA) is 132 Å². The number of anilines is 1. The van der Waals surface area contributed by atoms with Gasteiger partial charge in [-0.2, -0.15) is 5.10 Å². The first-order chi connectivity index (χ1) is 21.1. The standard InChI is InChI=1S/C30H30BrFIN7O4/c1-16-10-24(30(43)37-29-20(15-44-9-8-32)5-7-25(31)36-29)40(28(16)33)26(42)14-39-23-6-4-19(21-12-34-18(3)35-13-21)11-22(23)27(38-39)17(2)41/h4-7,11-13,16,24,28H,8-10,14-15H2,1-3H3,(H,36,37,43)/t16-,24-,28-/m0/s1. The summed E-state index contributed by atoms with van der Waals surface area (Å²) in [4.78, 5) is 54.5. The molecule has 1 aromatic carbocycles. The van der Waals surface area contributed by atoms with Crippen molar-refractivity contribution in [2.75, 3.05) is 18.6 Å². The molecular formula is C30H30BrFIN7O4. The molecule has 4 heterocycles. The second-order valence-corrected chi connectivity index (χ2v) is 12.7. The lowest BCUT2D eigenvalue weighted by atomic mass is 10.0. The molecule has 1 fully saturated rings. The summed E-state index contributed by atoms with van der Waals surface area (Å²) in [6.07, 6.45) is 3.89. The largest absolute Gasteiger partial charge is 0.374 e. The average molecular weight is 778 g/mol. The van der Waals surface area contributed by atoms with E-state index in [9.17, 15) is 18.8 Å². The SMILES string of the molecule is CC(=O)c1nn(CC(=O)N2[C@H](I)[C@@H](C)C[C@H]2C(=O)Nc2nc(Br)ccc2COCCF)c2ccc(-c3cnc(C)nc3)cc12. The maximum atomic E-state index is 13.9. The number of likely N-dealkylation sites (tertiary alicyclic amines) is 1. The van der Waals surface area contributed by atoms with Crippen LogP contribution in [0.1, 0.15) is 42.1 Å². The van der Waals surface area contributed by atoms with Gasteiger partial charge in [-0.1, -0.05) is 41.6 Å². The first-order valence-electron chi connectivity index (χ1n) is 13.9. The van der Waals surface area contributed by atoms with Crippen molar-refractivity contribution in [2.24, 2.45) is 5.92 Å². The van der Waals surface area contributed by atoms with Crippen LogP contribution in [0.2, 0.25) is 0 Å². The summed E-state index contributed by atoms with van der Waals surface area (Å²) < 4.78 is 19.7. The summed E-state index contributed by atoms with van der Waals surface area (Å²) in [6, 6.07) is 8.22. The van der Waals surface area contributed by atoms with Gasteiger partial charge in [0.1, 0.15) is 41.2 Å². The van der Waals surface area contributed by atoms with Crippen molar-refractivity contribution in [3.8, 4) is 11.1 Å². The lowest BCUT2D eigenvalue weighted by molar-refractivity contribution is -0.137. The van der Waals surface area contributed by atoms with Crippen LogP contribution in [0, 0.1) is 12.8 Å². The number of ketones is 1. The summed E-state index contributed by atoms with van der Waals surface area (Å²) in [5.74, 6) is 0.0432. The van der Waals surface area contributed by atoms with Crippen LogP contribution in [0.15, 0.2) is 47.3 Å². The van der Waals surface area contributed by atoms with Crippen LogP contribution in [-0.2, 0) is 27.5 Å². The minimum atomic E-state index is -0.762. The first kappa shape index (κ1) is 32.0. The third-order valence-corrected chi connectivity index (χ3v) is 9.67. The zero-order chi connectivity index (χ0) is 31.5. The second kappa shape index (κ2) is 13.7. The third-order valence-electron chi connectivity index (χ3n) is 7.41. The van der Waals surface area contributed by atoms with E-state index in [2.05, 4.69) is 63.9 Å². The molecule has 1 N–H and O–H groups in total. The lowest BCUT2D eigenvalue weighted by Gasteiger charge is -2.27. The molecule has 44 heavy (non-hydrogen) atoms. The molecule has 4 aromatic rings. The number of hydrogen-bond donors (Lipinski definition) is 1. The number of pyridine rings is 1. The third kappa shape index (κ3) is 6.81. The second-order valence-electron chi connectivity index (χ2n) is 10.6. The van der Waals surface area contributed by atoms with Gasteiger partial charge in [0.05, 0.1) is 22.8 Å². The van der Waals surface area contributed by atoms with Gasteiger partial charge in [0.15, 0.2) is 5.78 Å². The number of halogens is 3. The van der Waals surface area contributed by atoms with Gasteiger partial charge in [-0.05, 0) is 59.0 Å². The number of carbonyl (C=O) groups excluding carboxylic acids is 3. The highest BCUT2D eigenvalue weighted by atomic mass is 127. The van der Waals surface area contributed by atoms with E-state index in [1.165, 1.54) is 11.6 Å². The van der Waals surface area contributed by atoms with E-state index in [1.807, 2.05) is 25.1 Å². The molecule has 1 saturated heterocycles. The van der Waals surface area contributed by atoms with Crippen molar-refractivity contribution >= 4 is 72.8 Å². The molecule has 0 unspecified atom stereocenters. The van der Waals surface area contributed by atoms with Crippen molar-refractivity contribution in [2.45, 2.75) is 50.4 Å². The molecule has 3 aromatic heterocycles. The van der Waals surface area contributed by atoms with Gasteiger partial charge in [-0.3, -0.25) is 19.1 Å². The monoisotopic (exact) mass is 777 g/mol. The highest BCUT2D eigenvalue weighted by Crippen LogP contribution is 2.35. The molecule has 0 saturated carbocycles. The van der Waals surface area contributed by atoms with E-state index < -0.39 is 12.7 Å². The lowest BCUT2D eigenvalue weighted by Crippen LogP contribution is -2.47. The van der Waals surface area contributed by atoms with E-state index in [0.717, 1.165) is 11.1 Å². The van der Waals surface area contributed by atoms with Gasteiger partial charge < -0.3 is 15.0 Å². The van der Waals surface area contributed by atoms with Crippen LogP contribution >= 0.6 is 38.5 Å². The summed E-state index contributed by atoms with van der Waals surface area (Å²) in [6.45, 7) is 4.45. The van der Waals surface area contributed by atoms with Crippen molar-refractivity contribution in [3.05, 3.63) is 64.4 Å². The van der Waals surface area contributed by atoms with Gasteiger partial charge in [0, 0.05) is 35.8 Å². The number of alkyl halides is 2. The zero-order valence-corrected chi connectivity index (χ0v) is 28.0. The van der Waals surface area contributed by atoms with Crippen LogP contribution < -0.4 is 5.32 Å². The minimum absolute atomic E-state index is 0.0413. The Morgan fingerprint density at radius 2 is 1.91 bits per heavy atom. The van der Waals surface area contributed by atoms with Gasteiger partial charge in [0.25, 0.3) is 0 Å². The average Bonchev–Trinajstić information content (AvgIpc) is 3.51. The number of Topliss-reactive ketones (excluding diaryl/α,β-unsaturated/α-hetero) is 1. The zero-order valence-electron chi connectivity index (χ0n) is 24.3. The van der Waals surface area contributed by atoms with Crippen LogP contribution in [-0.4, -0.2) is 70.6 Å². The fraction of sp³-hybridized carbons (Fsp3) is 0.367. The Labute approximate surface area is 275 Å². The van der Waals surface area contributed by atoms with E-state index in [-0.39, 0.29) is 58.8 Å². The number of rotatable bonds is 10. The Balaban J connectivity index is 1.40. The molecule has 1 aliphatic rings. The van der Waals surface area contributed by atoms with E-state index in [4.69, 9.17) is 4.74 Å². The number of benzene rings is 1. The molecule has 3 atom stereocenters. The normalized spacial score (nSPS) is 18.1. The van der Waals surface area contributed by atoms with Crippen molar-refractivity contribution in [1.29, 1.82) is 0 Å². The molecule has 14 heteroatoms. The number of hydrogen-bond acceptors (Lipinski definition) is 8. The Morgan fingerprint density at radius 1 is 1.16 bits per heavy atom. The number of amides is 2. The molecule has 11 nitrogen and oxygen atoms in total. The van der Waals surface area contributed by atoms with Crippen molar-refractivity contribution in [3.63, 3.8) is 0 Å². The summed E-state index contributed by atoms with van der Waals surface area (Å²) in [7, 11) is 0. The van der Waals surface area contributed by atoms with Gasteiger partial charge >= 0.3 is 0 Å². The van der Waals surface area contributed by atoms with E-state index in [0.29, 0.717) is 33.3 Å². The Bertz CT molecular complexity index is 1720. The summed E-state index contributed by atoms with van der Waals surface area (Å²) >= 11 is 5.52. The molecule has 0 spiro atoms. The summed E-state index contributed by atoms with van der Waals surface area (Å²) in [5.41, 5.74) is 3.07. The Kier molecular flexibility index (Phi) is 10.00. The molecule has 230 valence electrons. The fourth-order valence-electron chi connectivity index (χ4n) is 5.19. The van der Waals surface area contributed by atoms with Gasteiger partial charge in [-0.25, -0.2) is 19.3 Å². The van der Waals surface area contributed by atoms with E-state index >= 15 is 0 Å². The summed E-state index contributed by atoms with van der Waals surface area (Å²) in [5, 5.41) is 7.99. The molecule has 1 aliphatic heterocycles. The number of nitrogens with one attached hydrogen (secondary N) is 1. The van der Waals surface area contributed by atoms with Gasteiger partial charge in [0.2, 0.25) is 11.8 Å². The maximum Gasteiger partial charge on any atom is 0.248 e. The number of fused-ring (bicyclic) bond motifs is 1. The number of aryl methyl sites for hydroxylation is 1. The van der Waals surface area contributed by atoms with Crippen LogP contribution in [0.3, 0.4) is 0 Å². The minimum Gasteiger partial charge on any atom is -0.374 e. The molecule has 0 radical (unpaired) electrons. The Hall–Kier alpha value is -3.37. The van der Waals surface area contributed by atoms with Crippen molar-refractivity contribution < 1.29 is 23.5 Å². The quantitative estimate of drug-likeness (QED) is 0.0575. The number of carbonyl (C=O) groups is 3. The number of ether oxygens (including phenoxy) is 1. The van der Waals surface area contributed by atoms with Crippen LogP contribution in [0.25, 0.3) is 22.0 Å². The van der Waals surface area contributed by atoms with Crippen molar-refractivity contribution in [1.82, 2.24) is 29.6 Å². The Morgan fingerprint density at radius 3 is 2.61 bits per heavy atom. The molecule has 0 aliphatic carbocycles. The first-order valence-corrected chi connectivity index (χ1v) is 16.0. The molecule has 2 amide bonds. The molecule has 0 bridgehead atoms. The van der Waals surface area contributed by atoms with Crippen LogP contribution in [0.4, 0.5) is 10.2 Å². The van der Waals surface area contributed by atoms with Gasteiger partial charge in [-0.15, -0.1) is 0 Å². The molecule has 5 rings (SSSR count). The molecular weight excluding hydrogens is 748 g/mol. The highest BCUT2D eigenvalue weighted by molar-refractivity contribution is 14.1. The van der Waals surface area contributed by atoms with Crippen LogP contribution in [0.5, 0.6) is 0 Å². The maximum absolute atomic E-state index is 13.9. The number of aromatic nitrogens is 5. The predicted octanol–water partition coefficient (Wildman–Crippen LogP) is 5.28. The van der Waals surface area contributed by atoms with E-state index in [1.54, 1.807) is 36.4 Å². The predicted molar refractivity (Wildman–Crippen MR) is 174 cm³/mol.